The molecule has 0 aliphatic carbocycles. The number of ketones is 1. The number of Topliss-reactive ketones (excluding diaryl/α,β-unsaturated/α-hetero) is 1. The Morgan fingerprint density at radius 3 is 2.50 bits per heavy atom. The van der Waals surface area contributed by atoms with Crippen molar-refractivity contribution in [3.63, 3.8) is 0 Å². The maximum absolute atomic E-state index is 11.3. The van der Waals surface area contributed by atoms with E-state index < -0.39 is 0 Å². The van der Waals surface area contributed by atoms with Crippen molar-refractivity contribution in [1.82, 2.24) is 0 Å². The smallest absolute Gasteiger partial charge is 0.163 e. The number of hydrogen-bond acceptors (Lipinski definition) is 2. The Bertz CT molecular complexity index is 340. The van der Waals surface area contributed by atoms with Crippen LogP contribution in [0, 0.1) is 6.92 Å². The fourth-order valence-electron chi connectivity index (χ4n) is 1.32. The average Bonchev–Trinajstić information content (AvgIpc) is 2.07. The largest absolute Gasteiger partial charge is 0.490 e. The highest BCUT2D eigenvalue weighted by Gasteiger charge is 2.11. The summed E-state index contributed by atoms with van der Waals surface area (Å²) < 4.78 is 5.62. The summed E-state index contributed by atoms with van der Waals surface area (Å²) in [5.41, 5.74) is 1.67. The molecular formula is C12H16O2. The maximum Gasteiger partial charge on any atom is 0.163 e. The molecule has 0 spiro atoms. The van der Waals surface area contributed by atoms with E-state index in [4.69, 9.17) is 4.74 Å². The molecule has 0 amide bonds. The van der Waals surface area contributed by atoms with Gasteiger partial charge in [0.25, 0.3) is 0 Å². The van der Waals surface area contributed by atoms with E-state index in [1.54, 1.807) is 13.0 Å². The highest BCUT2D eigenvalue weighted by Crippen LogP contribution is 2.24. The minimum Gasteiger partial charge on any atom is -0.490 e. The first-order chi connectivity index (χ1) is 6.52. The monoisotopic (exact) mass is 192 g/mol. The molecule has 2 nitrogen and oxygen atoms in total. The van der Waals surface area contributed by atoms with E-state index in [1.165, 1.54) is 0 Å². The Morgan fingerprint density at radius 2 is 2.00 bits per heavy atom. The lowest BCUT2D eigenvalue weighted by molar-refractivity contribution is 0.101. The fraction of sp³-hybridized carbons (Fsp3) is 0.417. The van der Waals surface area contributed by atoms with E-state index in [-0.39, 0.29) is 11.9 Å². The molecule has 2 heteroatoms. The first kappa shape index (κ1) is 10.8. The van der Waals surface area contributed by atoms with Crippen LogP contribution in [0.15, 0.2) is 18.2 Å². The predicted molar refractivity (Wildman–Crippen MR) is 56.9 cm³/mol. The summed E-state index contributed by atoms with van der Waals surface area (Å²) in [5, 5.41) is 0. The highest BCUT2D eigenvalue weighted by atomic mass is 16.5. The lowest BCUT2D eigenvalue weighted by Gasteiger charge is -2.15. The van der Waals surface area contributed by atoms with Crippen LogP contribution < -0.4 is 4.74 Å². The summed E-state index contributed by atoms with van der Waals surface area (Å²) >= 11 is 0. The summed E-state index contributed by atoms with van der Waals surface area (Å²) in [6.07, 6.45) is 0.0919. The lowest BCUT2D eigenvalue weighted by atomic mass is 10.1. The molecule has 0 bridgehead atoms. The van der Waals surface area contributed by atoms with Crippen LogP contribution in [0.1, 0.15) is 36.7 Å². The van der Waals surface area contributed by atoms with Gasteiger partial charge in [-0.1, -0.05) is 12.1 Å². The van der Waals surface area contributed by atoms with Crippen LogP contribution in [0.25, 0.3) is 0 Å². The van der Waals surface area contributed by atoms with E-state index in [2.05, 4.69) is 0 Å². The second-order valence-corrected chi connectivity index (χ2v) is 3.67. The Morgan fingerprint density at radius 1 is 1.36 bits per heavy atom. The SMILES string of the molecule is CC(=O)c1cccc(C)c1OC(C)C. The third-order valence-electron chi connectivity index (χ3n) is 1.94. The molecule has 0 atom stereocenters. The van der Waals surface area contributed by atoms with Crippen molar-refractivity contribution >= 4 is 5.78 Å². The van der Waals surface area contributed by atoms with Gasteiger partial charge >= 0.3 is 0 Å². The average molecular weight is 192 g/mol. The molecule has 0 aromatic heterocycles. The molecule has 0 aliphatic rings. The number of carbonyl (C=O) groups is 1. The van der Waals surface area contributed by atoms with Crippen molar-refractivity contribution < 1.29 is 9.53 Å². The summed E-state index contributed by atoms with van der Waals surface area (Å²) in [4.78, 5) is 11.3. The lowest BCUT2D eigenvalue weighted by Crippen LogP contribution is -2.10. The topological polar surface area (TPSA) is 26.3 Å². The summed E-state index contributed by atoms with van der Waals surface area (Å²) in [5.74, 6) is 0.763. The van der Waals surface area contributed by atoms with Gasteiger partial charge in [-0.15, -0.1) is 0 Å². The number of para-hydroxylation sites is 1. The van der Waals surface area contributed by atoms with Gasteiger partial charge in [0.2, 0.25) is 0 Å². The van der Waals surface area contributed by atoms with Gasteiger partial charge in [0.15, 0.2) is 5.78 Å². The zero-order valence-corrected chi connectivity index (χ0v) is 9.13. The molecule has 0 heterocycles. The number of aryl methyl sites for hydroxylation is 1. The molecule has 14 heavy (non-hydrogen) atoms. The molecular weight excluding hydrogens is 176 g/mol. The third kappa shape index (κ3) is 2.34. The quantitative estimate of drug-likeness (QED) is 0.688. The van der Waals surface area contributed by atoms with Gasteiger partial charge in [-0.05, 0) is 39.3 Å². The van der Waals surface area contributed by atoms with Crippen molar-refractivity contribution in [3.05, 3.63) is 29.3 Å². The molecule has 0 fully saturated rings. The van der Waals surface area contributed by atoms with Crippen LogP contribution in [0.2, 0.25) is 0 Å². The van der Waals surface area contributed by atoms with Gasteiger partial charge in [-0.2, -0.15) is 0 Å². The van der Waals surface area contributed by atoms with Crippen LogP contribution in [-0.4, -0.2) is 11.9 Å². The molecule has 0 N–H and O–H groups in total. The van der Waals surface area contributed by atoms with Crippen molar-refractivity contribution in [2.24, 2.45) is 0 Å². The fourth-order valence-corrected chi connectivity index (χ4v) is 1.32. The molecule has 0 radical (unpaired) electrons. The van der Waals surface area contributed by atoms with E-state index in [9.17, 15) is 4.79 Å². The Kier molecular flexibility index (Phi) is 3.28. The predicted octanol–water partition coefficient (Wildman–Crippen LogP) is 2.98. The number of ether oxygens (including phenoxy) is 1. The second-order valence-electron chi connectivity index (χ2n) is 3.67. The first-order valence-electron chi connectivity index (χ1n) is 4.79. The summed E-state index contributed by atoms with van der Waals surface area (Å²) in [7, 11) is 0. The Balaban J connectivity index is 3.15. The van der Waals surface area contributed by atoms with Crippen LogP contribution in [0.5, 0.6) is 5.75 Å². The first-order valence-corrected chi connectivity index (χ1v) is 4.79. The minimum absolute atomic E-state index is 0.0457. The molecule has 76 valence electrons. The normalized spacial score (nSPS) is 10.4. The number of carbonyl (C=O) groups excluding carboxylic acids is 1. The molecule has 1 aromatic carbocycles. The molecule has 0 unspecified atom stereocenters. The molecule has 0 saturated heterocycles. The standard InChI is InChI=1S/C12H16O2/c1-8(2)14-12-9(3)6-5-7-11(12)10(4)13/h5-8H,1-4H3. The van der Waals surface area contributed by atoms with Crippen LogP contribution in [0.3, 0.4) is 0 Å². The maximum atomic E-state index is 11.3. The summed E-state index contributed by atoms with van der Waals surface area (Å²) in [6.45, 7) is 7.42. The second kappa shape index (κ2) is 4.27. The van der Waals surface area contributed by atoms with Gasteiger partial charge in [0.05, 0.1) is 11.7 Å². The van der Waals surface area contributed by atoms with Gasteiger partial charge in [0.1, 0.15) is 5.75 Å². The minimum atomic E-state index is 0.0457. The summed E-state index contributed by atoms with van der Waals surface area (Å²) in [6, 6.07) is 5.62. The van der Waals surface area contributed by atoms with Gasteiger partial charge in [-0.25, -0.2) is 0 Å². The van der Waals surface area contributed by atoms with E-state index in [0.29, 0.717) is 5.56 Å². The van der Waals surface area contributed by atoms with E-state index >= 15 is 0 Å². The van der Waals surface area contributed by atoms with E-state index in [0.717, 1.165) is 11.3 Å². The zero-order valence-electron chi connectivity index (χ0n) is 9.13. The Labute approximate surface area is 84.9 Å². The molecule has 1 aromatic rings. The van der Waals surface area contributed by atoms with Gasteiger partial charge < -0.3 is 4.74 Å². The zero-order chi connectivity index (χ0) is 10.7. The molecule has 0 saturated carbocycles. The number of hydrogen-bond donors (Lipinski definition) is 0. The number of rotatable bonds is 3. The van der Waals surface area contributed by atoms with Crippen molar-refractivity contribution in [2.45, 2.75) is 33.8 Å². The number of benzene rings is 1. The van der Waals surface area contributed by atoms with Gasteiger partial charge in [0, 0.05) is 0 Å². The van der Waals surface area contributed by atoms with Gasteiger partial charge in [-0.3, -0.25) is 4.79 Å². The van der Waals surface area contributed by atoms with Crippen LogP contribution in [-0.2, 0) is 0 Å². The Hall–Kier alpha value is -1.31. The van der Waals surface area contributed by atoms with E-state index in [1.807, 2.05) is 32.9 Å². The third-order valence-corrected chi connectivity index (χ3v) is 1.94. The highest BCUT2D eigenvalue weighted by molar-refractivity contribution is 5.97. The van der Waals surface area contributed by atoms with Crippen LogP contribution >= 0.6 is 0 Å². The van der Waals surface area contributed by atoms with Crippen molar-refractivity contribution in [1.29, 1.82) is 0 Å². The molecule has 1 rings (SSSR count). The van der Waals surface area contributed by atoms with Crippen molar-refractivity contribution in [2.75, 3.05) is 0 Å². The van der Waals surface area contributed by atoms with Crippen LogP contribution in [0.4, 0.5) is 0 Å². The van der Waals surface area contributed by atoms with Crippen molar-refractivity contribution in [3.8, 4) is 5.75 Å². The molecule has 0 aliphatic heterocycles.